The Hall–Kier alpha value is -2.43. The van der Waals surface area contributed by atoms with Crippen molar-refractivity contribution in [3.63, 3.8) is 0 Å². The molecule has 8 heteroatoms. The molecule has 0 spiro atoms. The van der Waals surface area contributed by atoms with Gasteiger partial charge in [-0.3, -0.25) is 0 Å². The lowest BCUT2D eigenvalue weighted by molar-refractivity contribution is 1.29. The summed E-state index contributed by atoms with van der Waals surface area (Å²) in [6.45, 7) is 0. The van der Waals surface area contributed by atoms with Crippen molar-refractivity contribution in [3.05, 3.63) is 35.0 Å². The maximum atomic E-state index is 8.80. The minimum atomic E-state index is 0.361. The number of benzene rings is 1. The smallest absolute Gasteiger partial charge is 0.153 e. The monoisotopic (exact) mass is 302 g/mol. The van der Waals surface area contributed by atoms with E-state index in [0.29, 0.717) is 33.3 Å². The average molecular weight is 303 g/mol. The van der Waals surface area contributed by atoms with Gasteiger partial charge in [0.2, 0.25) is 0 Å². The Kier molecular flexibility index (Phi) is 3.10. The normalized spacial score (nSPS) is 10.4. The number of nitrogens with zero attached hydrogens (tertiary/aromatic N) is 4. The molecule has 0 unspecified atom stereocenters. The molecule has 0 aliphatic rings. The third-order valence-corrected chi connectivity index (χ3v) is 3.52. The van der Waals surface area contributed by atoms with E-state index in [1.54, 1.807) is 18.2 Å². The van der Waals surface area contributed by atoms with Crippen molar-refractivity contribution in [2.45, 2.75) is 0 Å². The summed E-state index contributed by atoms with van der Waals surface area (Å²) in [5.41, 5.74) is 8.62. The van der Waals surface area contributed by atoms with Crippen LogP contribution in [0.3, 0.4) is 0 Å². The first-order valence-electron chi connectivity index (χ1n) is 5.52. The molecule has 0 amide bonds. The molecule has 98 valence electrons. The number of nitrogens with two attached hydrogens (primary N) is 1. The minimum absolute atomic E-state index is 0.361. The van der Waals surface area contributed by atoms with Crippen LogP contribution in [0, 0.1) is 11.3 Å². The number of aromatic nitrogens is 3. The summed E-state index contributed by atoms with van der Waals surface area (Å²) in [5, 5.41) is 12.3. The van der Waals surface area contributed by atoms with Gasteiger partial charge in [0.1, 0.15) is 17.1 Å². The van der Waals surface area contributed by atoms with Crippen molar-refractivity contribution in [2.75, 3.05) is 11.1 Å². The maximum Gasteiger partial charge on any atom is 0.153 e. The van der Waals surface area contributed by atoms with Gasteiger partial charge < -0.3 is 11.1 Å². The van der Waals surface area contributed by atoms with Crippen LogP contribution in [0.4, 0.5) is 17.2 Å². The SMILES string of the molecule is N#Cc1cnc(Nc2c(Cl)ccc3nsnc23)c(N)c1. The number of halogens is 1. The molecule has 0 aliphatic carbocycles. The van der Waals surface area contributed by atoms with Crippen LogP contribution < -0.4 is 11.1 Å². The van der Waals surface area contributed by atoms with E-state index >= 15 is 0 Å². The Balaban J connectivity index is 2.07. The van der Waals surface area contributed by atoms with Gasteiger partial charge in [-0.15, -0.1) is 0 Å². The molecule has 2 aromatic heterocycles. The summed E-state index contributed by atoms with van der Waals surface area (Å²) < 4.78 is 8.35. The molecule has 0 aliphatic heterocycles. The molecule has 3 N–H and O–H groups in total. The summed E-state index contributed by atoms with van der Waals surface area (Å²) in [6.07, 6.45) is 1.44. The lowest BCUT2D eigenvalue weighted by Crippen LogP contribution is -2.01. The first-order chi connectivity index (χ1) is 9.69. The molecular formula is C12H7ClN6S. The van der Waals surface area contributed by atoms with Crippen molar-refractivity contribution < 1.29 is 0 Å². The van der Waals surface area contributed by atoms with Crippen LogP contribution in [0.15, 0.2) is 24.4 Å². The average Bonchev–Trinajstić information content (AvgIpc) is 2.92. The Morgan fingerprint density at radius 1 is 1.35 bits per heavy atom. The number of hydrogen-bond donors (Lipinski definition) is 2. The number of fused-ring (bicyclic) bond motifs is 1. The van der Waals surface area contributed by atoms with Gasteiger partial charge >= 0.3 is 0 Å². The van der Waals surface area contributed by atoms with Crippen LogP contribution in [0.5, 0.6) is 0 Å². The van der Waals surface area contributed by atoms with Crippen LogP contribution >= 0.6 is 23.3 Å². The van der Waals surface area contributed by atoms with Crippen LogP contribution in [-0.2, 0) is 0 Å². The molecule has 3 rings (SSSR count). The van der Waals surface area contributed by atoms with Crippen molar-refractivity contribution in [1.82, 2.24) is 13.7 Å². The second kappa shape index (κ2) is 4.92. The second-order valence-electron chi connectivity index (χ2n) is 3.95. The molecule has 0 atom stereocenters. The van der Waals surface area contributed by atoms with E-state index in [1.165, 1.54) is 6.20 Å². The van der Waals surface area contributed by atoms with Gasteiger partial charge in [-0.2, -0.15) is 14.0 Å². The lowest BCUT2D eigenvalue weighted by atomic mass is 10.2. The molecule has 3 aromatic rings. The lowest BCUT2D eigenvalue weighted by Gasteiger charge is -2.10. The fourth-order valence-electron chi connectivity index (χ4n) is 1.71. The molecular weight excluding hydrogens is 296 g/mol. The Morgan fingerprint density at radius 2 is 2.20 bits per heavy atom. The highest BCUT2D eigenvalue weighted by molar-refractivity contribution is 7.00. The zero-order valence-electron chi connectivity index (χ0n) is 9.96. The van der Waals surface area contributed by atoms with Gasteiger partial charge in [0.15, 0.2) is 5.82 Å². The standard InChI is InChI=1S/C12H7ClN6S/c13-7-1-2-9-11(19-20-18-9)10(7)17-12-8(15)3-6(4-14)5-16-12/h1-3,5H,15H2,(H,16,17). The number of hydrogen-bond acceptors (Lipinski definition) is 7. The first kappa shape index (κ1) is 12.6. The van der Waals surface area contributed by atoms with E-state index in [9.17, 15) is 0 Å². The van der Waals surface area contributed by atoms with Gasteiger partial charge in [0.25, 0.3) is 0 Å². The molecule has 1 aromatic carbocycles. The van der Waals surface area contributed by atoms with Gasteiger partial charge in [-0.05, 0) is 18.2 Å². The Labute approximate surface area is 123 Å². The highest BCUT2D eigenvalue weighted by atomic mass is 35.5. The summed E-state index contributed by atoms with van der Waals surface area (Å²) in [5.74, 6) is 0.423. The molecule has 0 bridgehead atoms. The van der Waals surface area contributed by atoms with Gasteiger partial charge in [0.05, 0.1) is 33.7 Å². The molecule has 6 nitrogen and oxygen atoms in total. The van der Waals surface area contributed by atoms with Gasteiger partial charge in [-0.1, -0.05) is 11.6 Å². The number of nitrogens with one attached hydrogen (secondary N) is 1. The maximum absolute atomic E-state index is 8.80. The molecule has 0 radical (unpaired) electrons. The van der Waals surface area contributed by atoms with Crippen LogP contribution in [-0.4, -0.2) is 13.7 Å². The van der Waals surface area contributed by atoms with Crippen LogP contribution in [0.2, 0.25) is 5.02 Å². The zero-order chi connectivity index (χ0) is 14.1. The van der Waals surface area contributed by atoms with E-state index in [-0.39, 0.29) is 0 Å². The molecule has 0 saturated carbocycles. The number of anilines is 3. The van der Waals surface area contributed by atoms with E-state index in [4.69, 9.17) is 22.6 Å². The number of nitriles is 1. The first-order valence-corrected chi connectivity index (χ1v) is 6.63. The van der Waals surface area contributed by atoms with Crippen molar-refractivity contribution in [3.8, 4) is 6.07 Å². The van der Waals surface area contributed by atoms with Crippen molar-refractivity contribution >= 4 is 51.6 Å². The third-order valence-electron chi connectivity index (χ3n) is 2.67. The van der Waals surface area contributed by atoms with E-state index < -0.39 is 0 Å². The number of nitrogen functional groups attached to an aromatic ring is 1. The number of rotatable bonds is 2. The molecule has 20 heavy (non-hydrogen) atoms. The molecule has 0 fully saturated rings. The fourth-order valence-corrected chi connectivity index (χ4v) is 2.45. The summed E-state index contributed by atoms with van der Waals surface area (Å²) in [7, 11) is 0. The Bertz CT molecular complexity index is 838. The molecule has 0 saturated heterocycles. The largest absolute Gasteiger partial charge is 0.396 e. The predicted molar refractivity (Wildman–Crippen MR) is 79.1 cm³/mol. The van der Waals surface area contributed by atoms with Gasteiger partial charge in [-0.25, -0.2) is 4.98 Å². The van der Waals surface area contributed by atoms with Crippen molar-refractivity contribution in [1.29, 1.82) is 5.26 Å². The summed E-state index contributed by atoms with van der Waals surface area (Å²) in [4.78, 5) is 4.11. The predicted octanol–water partition coefficient (Wildman–Crippen LogP) is 2.94. The topological polar surface area (TPSA) is 101 Å². The van der Waals surface area contributed by atoms with E-state index in [2.05, 4.69) is 19.0 Å². The zero-order valence-corrected chi connectivity index (χ0v) is 11.5. The van der Waals surface area contributed by atoms with Crippen molar-refractivity contribution in [2.24, 2.45) is 0 Å². The third kappa shape index (κ3) is 2.11. The summed E-state index contributed by atoms with van der Waals surface area (Å²) >= 11 is 7.28. The second-order valence-corrected chi connectivity index (χ2v) is 4.89. The minimum Gasteiger partial charge on any atom is -0.396 e. The highest BCUT2D eigenvalue weighted by Gasteiger charge is 2.12. The van der Waals surface area contributed by atoms with Gasteiger partial charge in [0, 0.05) is 6.20 Å². The molecule has 2 heterocycles. The van der Waals surface area contributed by atoms with E-state index in [1.807, 2.05) is 6.07 Å². The highest BCUT2D eigenvalue weighted by Crippen LogP contribution is 2.33. The fraction of sp³-hybridized carbons (Fsp3) is 0. The number of pyridine rings is 1. The van der Waals surface area contributed by atoms with Crippen LogP contribution in [0.1, 0.15) is 5.56 Å². The Morgan fingerprint density at radius 3 is 2.95 bits per heavy atom. The van der Waals surface area contributed by atoms with E-state index in [0.717, 1.165) is 17.2 Å². The quantitative estimate of drug-likeness (QED) is 0.755. The van der Waals surface area contributed by atoms with Crippen LogP contribution in [0.25, 0.3) is 11.0 Å². The summed E-state index contributed by atoms with van der Waals surface area (Å²) in [6, 6.07) is 7.05.